The molecular weight excluding hydrogens is 274 g/mol. The van der Waals surface area contributed by atoms with Gasteiger partial charge in [0.05, 0.1) is 22.7 Å². The minimum absolute atomic E-state index is 0.0324. The SMILES string of the molecule is Cc1ccc([N+](=O)[O-])c(NCc2cc(C(=O)O)ccn2)c1. The van der Waals surface area contributed by atoms with Crippen molar-refractivity contribution in [1.29, 1.82) is 0 Å². The second-order valence-corrected chi connectivity index (χ2v) is 4.47. The Hall–Kier alpha value is -2.96. The van der Waals surface area contributed by atoms with Crippen molar-refractivity contribution in [2.45, 2.75) is 13.5 Å². The number of nitrogens with one attached hydrogen (secondary N) is 1. The molecule has 0 aliphatic heterocycles. The number of carboxylic acid groups (broad SMARTS) is 1. The lowest BCUT2D eigenvalue weighted by Gasteiger charge is -2.08. The number of carbonyl (C=O) groups is 1. The predicted octanol–water partition coefficient (Wildman–Crippen LogP) is 2.61. The van der Waals surface area contributed by atoms with Crippen molar-refractivity contribution >= 4 is 17.3 Å². The summed E-state index contributed by atoms with van der Waals surface area (Å²) in [6.07, 6.45) is 1.39. The number of hydrogen-bond donors (Lipinski definition) is 2. The van der Waals surface area contributed by atoms with Crippen molar-refractivity contribution in [3.63, 3.8) is 0 Å². The molecule has 0 aliphatic rings. The zero-order valence-corrected chi connectivity index (χ0v) is 11.2. The van der Waals surface area contributed by atoms with E-state index in [0.717, 1.165) is 5.56 Å². The van der Waals surface area contributed by atoms with Crippen LogP contribution in [0.1, 0.15) is 21.6 Å². The van der Waals surface area contributed by atoms with E-state index in [1.54, 1.807) is 12.1 Å². The first kappa shape index (κ1) is 14.4. The molecule has 108 valence electrons. The van der Waals surface area contributed by atoms with Crippen LogP contribution >= 0.6 is 0 Å². The van der Waals surface area contributed by atoms with E-state index in [-0.39, 0.29) is 17.8 Å². The molecule has 0 aliphatic carbocycles. The second kappa shape index (κ2) is 6.00. The van der Waals surface area contributed by atoms with Gasteiger partial charge in [-0.1, -0.05) is 6.07 Å². The van der Waals surface area contributed by atoms with Crippen molar-refractivity contribution in [2.24, 2.45) is 0 Å². The first-order valence-corrected chi connectivity index (χ1v) is 6.14. The van der Waals surface area contributed by atoms with Crippen molar-refractivity contribution in [3.8, 4) is 0 Å². The highest BCUT2D eigenvalue weighted by Gasteiger charge is 2.13. The van der Waals surface area contributed by atoms with E-state index in [9.17, 15) is 14.9 Å². The van der Waals surface area contributed by atoms with Crippen LogP contribution in [0.15, 0.2) is 36.5 Å². The molecule has 0 saturated carbocycles. The maximum atomic E-state index is 11.0. The Labute approximate surface area is 120 Å². The van der Waals surface area contributed by atoms with Crippen LogP contribution in [0.4, 0.5) is 11.4 Å². The summed E-state index contributed by atoms with van der Waals surface area (Å²) >= 11 is 0. The average molecular weight is 287 g/mol. The summed E-state index contributed by atoms with van der Waals surface area (Å²) in [6.45, 7) is 2.03. The lowest BCUT2D eigenvalue weighted by Crippen LogP contribution is -2.06. The Morgan fingerprint density at radius 2 is 2.14 bits per heavy atom. The molecule has 1 aromatic heterocycles. The van der Waals surface area contributed by atoms with Gasteiger partial charge < -0.3 is 10.4 Å². The zero-order valence-electron chi connectivity index (χ0n) is 11.2. The van der Waals surface area contributed by atoms with Crippen LogP contribution in [0.5, 0.6) is 0 Å². The third-order valence-electron chi connectivity index (χ3n) is 2.87. The molecule has 7 nitrogen and oxygen atoms in total. The number of nitrogens with zero attached hydrogens (tertiary/aromatic N) is 2. The molecule has 7 heteroatoms. The number of nitro benzene ring substituents is 1. The summed E-state index contributed by atoms with van der Waals surface area (Å²) in [5, 5.41) is 22.8. The third-order valence-corrected chi connectivity index (χ3v) is 2.87. The van der Waals surface area contributed by atoms with Crippen LogP contribution < -0.4 is 5.32 Å². The number of rotatable bonds is 5. The van der Waals surface area contributed by atoms with E-state index in [2.05, 4.69) is 10.3 Å². The normalized spacial score (nSPS) is 10.1. The molecule has 0 spiro atoms. The fraction of sp³-hybridized carbons (Fsp3) is 0.143. The highest BCUT2D eigenvalue weighted by Crippen LogP contribution is 2.25. The number of hydrogen-bond acceptors (Lipinski definition) is 5. The number of benzene rings is 1. The molecule has 2 aromatic rings. The van der Waals surface area contributed by atoms with Crippen molar-refractivity contribution < 1.29 is 14.8 Å². The van der Waals surface area contributed by atoms with Crippen LogP contribution in [-0.4, -0.2) is 21.0 Å². The number of carboxylic acids is 1. The molecule has 1 heterocycles. The van der Waals surface area contributed by atoms with Crippen molar-refractivity contribution in [3.05, 3.63) is 63.5 Å². The average Bonchev–Trinajstić information content (AvgIpc) is 2.45. The van der Waals surface area contributed by atoms with Crippen molar-refractivity contribution in [2.75, 3.05) is 5.32 Å². The molecule has 0 fully saturated rings. The molecule has 0 bridgehead atoms. The quantitative estimate of drug-likeness (QED) is 0.646. The van der Waals surface area contributed by atoms with Crippen LogP contribution in [0.2, 0.25) is 0 Å². The summed E-state index contributed by atoms with van der Waals surface area (Å²) < 4.78 is 0. The molecule has 0 atom stereocenters. The Morgan fingerprint density at radius 1 is 1.38 bits per heavy atom. The Morgan fingerprint density at radius 3 is 2.81 bits per heavy atom. The van der Waals surface area contributed by atoms with E-state index in [4.69, 9.17) is 5.11 Å². The van der Waals surface area contributed by atoms with Gasteiger partial charge in [-0.3, -0.25) is 15.1 Å². The minimum Gasteiger partial charge on any atom is -0.478 e. The number of pyridine rings is 1. The van der Waals surface area contributed by atoms with Gasteiger partial charge in [0.1, 0.15) is 5.69 Å². The first-order chi connectivity index (χ1) is 9.97. The van der Waals surface area contributed by atoms with Crippen LogP contribution in [0, 0.1) is 17.0 Å². The number of anilines is 1. The van der Waals surface area contributed by atoms with Gasteiger partial charge in [-0.2, -0.15) is 0 Å². The molecule has 0 radical (unpaired) electrons. The van der Waals surface area contributed by atoms with Crippen LogP contribution in [0.3, 0.4) is 0 Å². The molecule has 1 aromatic carbocycles. The lowest BCUT2D eigenvalue weighted by atomic mass is 10.2. The van der Waals surface area contributed by atoms with Gasteiger partial charge >= 0.3 is 5.97 Å². The zero-order chi connectivity index (χ0) is 15.4. The minimum atomic E-state index is -1.04. The third kappa shape index (κ3) is 3.53. The maximum Gasteiger partial charge on any atom is 0.335 e. The Bertz CT molecular complexity index is 700. The lowest BCUT2D eigenvalue weighted by molar-refractivity contribution is -0.384. The van der Waals surface area contributed by atoms with Gasteiger partial charge in [0.15, 0.2) is 0 Å². The van der Waals surface area contributed by atoms with E-state index in [1.165, 1.54) is 24.4 Å². The molecule has 21 heavy (non-hydrogen) atoms. The summed E-state index contributed by atoms with van der Waals surface area (Å²) in [5.41, 5.74) is 1.85. The summed E-state index contributed by atoms with van der Waals surface area (Å²) in [7, 11) is 0. The van der Waals surface area contributed by atoms with E-state index >= 15 is 0 Å². The predicted molar refractivity (Wildman–Crippen MR) is 76.4 cm³/mol. The Kier molecular flexibility index (Phi) is 4.13. The highest BCUT2D eigenvalue weighted by atomic mass is 16.6. The van der Waals surface area contributed by atoms with Crippen LogP contribution in [0.25, 0.3) is 0 Å². The van der Waals surface area contributed by atoms with Gasteiger partial charge in [-0.05, 0) is 30.7 Å². The molecular formula is C14H13N3O4. The molecule has 0 saturated heterocycles. The van der Waals surface area contributed by atoms with Gasteiger partial charge in [-0.15, -0.1) is 0 Å². The Balaban J connectivity index is 2.20. The fourth-order valence-corrected chi connectivity index (χ4v) is 1.84. The monoisotopic (exact) mass is 287 g/mol. The second-order valence-electron chi connectivity index (χ2n) is 4.47. The summed E-state index contributed by atoms with van der Waals surface area (Å²) in [5.74, 6) is -1.04. The molecule has 2 N–H and O–H groups in total. The largest absolute Gasteiger partial charge is 0.478 e. The van der Waals surface area contributed by atoms with E-state index < -0.39 is 10.9 Å². The van der Waals surface area contributed by atoms with Gasteiger partial charge in [0.2, 0.25) is 0 Å². The summed E-state index contributed by atoms with van der Waals surface area (Å²) in [6, 6.07) is 7.57. The van der Waals surface area contributed by atoms with Gasteiger partial charge in [-0.25, -0.2) is 4.79 Å². The molecule has 0 unspecified atom stereocenters. The smallest absolute Gasteiger partial charge is 0.335 e. The first-order valence-electron chi connectivity index (χ1n) is 6.14. The van der Waals surface area contributed by atoms with Crippen molar-refractivity contribution in [1.82, 2.24) is 4.98 Å². The van der Waals surface area contributed by atoms with E-state index in [0.29, 0.717) is 11.4 Å². The summed E-state index contributed by atoms with van der Waals surface area (Å²) in [4.78, 5) is 25.4. The number of nitro groups is 1. The molecule has 2 rings (SSSR count). The fourth-order valence-electron chi connectivity index (χ4n) is 1.84. The number of aromatic nitrogens is 1. The molecule has 0 amide bonds. The standard InChI is InChI=1S/C14H13N3O4/c1-9-2-3-13(17(20)21)12(6-9)16-8-11-7-10(14(18)19)4-5-15-11/h2-7,16H,8H2,1H3,(H,18,19). The topological polar surface area (TPSA) is 105 Å². The maximum absolute atomic E-state index is 11.0. The number of aryl methyl sites for hydroxylation is 1. The van der Waals surface area contributed by atoms with Gasteiger partial charge in [0, 0.05) is 12.3 Å². The van der Waals surface area contributed by atoms with Gasteiger partial charge in [0.25, 0.3) is 5.69 Å². The highest BCUT2D eigenvalue weighted by molar-refractivity contribution is 5.87. The number of aromatic carboxylic acids is 1. The van der Waals surface area contributed by atoms with E-state index in [1.807, 2.05) is 6.92 Å². The van der Waals surface area contributed by atoms with Crippen LogP contribution in [-0.2, 0) is 6.54 Å².